The number of benzene rings is 1. The molecule has 1 aromatic carbocycles. The van der Waals surface area contributed by atoms with E-state index in [0.717, 1.165) is 49.9 Å². The van der Waals surface area contributed by atoms with Crippen LogP contribution in [0.1, 0.15) is 18.4 Å². The zero-order valence-electron chi connectivity index (χ0n) is 15.8. The number of hydrogen-bond donors (Lipinski definition) is 2. The summed E-state index contributed by atoms with van der Waals surface area (Å²) in [4.78, 5) is 28.6. The van der Waals surface area contributed by atoms with E-state index in [9.17, 15) is 9.59 Å². The van der Waals surface area contributed by atoms with Crippen LogP contribution in [0.5, 0.6) is 0 Å². The van der Waals surface area contributed by atoms with Crippen LogP contribution in [0, 0.1) is 5.92 Å². The fourth-order valence-corrected chi connectivity index (χ4v) is 3.02. The van der Waals surface area contributed by atoms with E-state index in [0.29, 0.717) is 13.0 Å². The lowest BCUT2D eigenvalue weighted by molar-refractivity contribution is -0.132. The number of likely N-dealkylation sites (N-methyl/N-ethyl adjacent to an activating group) is 1. The molecule has 0 spiro atoms. The minimum Gasteiger partial charge on any atom is -0.340 e. The molecule has 1 aromatic rings. The molecule has 8 heteroatoms. The number of halogens is 2. The zero-order valence-corrected chi connectivity index (χ0v) is 17.4. The molecule has 1 heterocycles. The van der Waals surface area contributed by atoms with Gasteiger partial charge in [0.05, 0.1) is 13.0 Å². The first kappa shape index (κ1) is 23.7. The second kappa shape index (κ2) is 11.5. The summed E-state index contributed by atoms with van der Waals surface area (Å²) in [6.07, 6.45) is 2.93. The SMILES string of the molecule is CN1CCN(C(=O)Cc2cccc(NC(=O)CNCC3CC3)c2)CC1.Cl.Cl. The maximum absolute atomic E-state index is 12.4. The van der Waals surface area contributed by atoms with Gasteiger partial charge in [-0.15, -0.1) is 24.8 Å². The molecule has 0 aromatic heterocycles. The Kier molecular flexibility index (Phi) is 10.1. The third-order valence-corrected chi connectivity index (χ3v) is 4.84. The summed E-state index contributed by atoms with van der Waals surface area (Å²) >= 11 is 0. The molecule has 0 radical (unpaired) electrons. The van der Waals surface area contributed by atoms with Crippen LogP contribution in [0.25, 0.3) is 0 Å². The van der Waals surface area contributed by atoms with Crippen LogP contribution in [0.15, 0.2) is 24.3 Å². The summed E-state index contributed by atoms with van der Waals surface area (Å²) in [6, 6.07) is 7.59. The third kappa shape index (κ3) is 8.05. The van der Waals surface area contributed by atoms with Crippen LogP contribution in [0.4, 0.5) is 5.69 Å². The van der Waals surface area contributed by atoms with Crippen molar-refractivity contribution in [3.05, 3.63) is 29.8 Å². The highest BCUT2D eigenvalue weighted by molar-refractivity contribution is 5.92. The molecule has 2 aliphatic rings. The first-order valence-corrected chi connectivity index (χ1v) is 9.16. The van der Waals surface area contributed by atoms with Gasteiger partial charge in [0.15, 0.2) is 0 Å². The van der Waals surface area contributed by atoms with Gasteiger partial charge in [-0.2, -0.15) is 0 Å². The van der Waals surface area contributed by atoms with Crippen LogP contribution in [0.3, 0.4) is 0 Å². The molecule has 0 bridgehead atoms. The first-order chi connectivity index (χ1) is 12.1. The molecular weight excluding hydrogens is 387 g/mol. The lowest BCUT2D eigenvalue weighted by Crippen LogP contribution is -2.47. The number of anilines is 1. The fourth-order valence-electron chi connectivity index (χ4n) is 3.02. The summed E-state index contributed by atoms with van der Waals surface area (Å²) in [5.41, 5.74) is 1.69. The van der Waals surface area contributed by atoms with E-state index in [4.69, 9.17) is 0 Å². The molecule has 6 nitrogen and oxygen atoms in total. The Morgan fingerprint density at radius 2 is 1.81 bits per heavy atom. The molecule has 0 unspecified atom stereocenters. The summed E-state index contributed by atoms with van der Waals surface area (Å²) in [5.74, 6) is 0.877. The topological polar surface area (TPSA) is 64.7 Å². The van der Waals surface area contributed by atoms with Crippen molar-refractivity contribution in [1.82, 2.24) is 15.1 Å². The number of nitrogens with one attached hydrogen (secondary N) is 2. The average Bonchev–Trinajstić information content (AvgIpc) is 3.40. The standard InChI is InChI=1S/C19H28N4O2.2ClH/c1-22-7-9-23(10-8-22)19(25)12-16-3-2-4-17(11-16)21-18(24)14-20-13-15-5-6-15;;/h2-4,11,15,20H,5-10,12-14H2,1H3,(H,21,24);2*1H. The number of nitrogens with zero attached hydrogens (tertiary/aromatic N) is 2. The number of piperazine rings is 1. The maximum Gasteiger partial charge on any atom is 0.238 e. The molecule has 2 N–H and O–H groups in total. The summed E-state index contributed by atoms with van der Waals surface area (Å²) in [7, 11) is 2.08. The molecule has 2 amide bonds. The van der Waals surface area contributed by atoms with Crippen molar-refractivity contribution >= 4 is 42.3 Å². The number of carbonyl (C=O) groups excluding carboxylic acids is 2. The Morgan fingerprint density at radius 1 is 1.11 bits per heavy atom. The lowest BCUT2D eigenvalue weighted by Gasteiger charge is -2.32. The highest BCUT2D eigenvalue weighted by Crippen LogP contribution is 2.27. The van der Waals surface area contributed by atoms with Crippen molar-refractivity contribution in [3.63, 3.8) is 0 Å². The predicted octanol–water partition coefficient (Wildman–Crippen LogP) is 1.78. The van der Waals surface area contributed by atoms with E-state index in [1.54, 1.807) is 0 Å². The van der Waals surface area contributed by atoms with Gasteiger partial charge in [-0.25, -0.2) is 0 Å². The van der Waals surface area contributed by atoms with E-state index in [1.165, 1.54) is 12.8 Å². The number of carbonyl (C=O) groups is 2. The van der Waals surface area contributed by atoms with E-state index in [2.05, 4.69) is 22.6 Å². The van der Waals surface area contributed by atoms with Crippen LogP contribution in [-0.4, -0.2) is 67.9 Å². The van der Waals surface area contributed by atoms with Gasteiger partial charge in [0.2, 0.25) is 11.8 Å². The van der Waals surface area contributed by atoms with Gasteiger partial charge in [-0.1, -0.05) is 12.1 Å². The zero-order chi connectivity index (χ0) is 17.6. The normalized spacial score (nSPS) is 16.9. The third-order valence-electron chi connectivity index (χ3n) is 4.84. The van der Waals surface area contributed by atoms with E-state index >= 15 is 0 Å². The smallest absolute Gasteiger partial charge is 0.238 e. The van der Waals surface area contributed by atoms with Gasteiger partial charge in [0.1, 0.15) is 0 Å². The van der Waals surface area contributed by atoms with Gasteiger partial charge in [-0.3, -0.25) is 9.59 Å². The second-order valence-corrected chi connectivity index (χ2v) is 7.18. The molecule has 152 valence electrons. The van der Waals surface area contributed by atoms with Crippen molar-refractivity contribution in [2.75, 3.05) is 51.6 Å². The Morgan fingerprint density at radius 3 is 2.48 bits per heavy atom. The molecule has 1 aliphatic heterocycles. The lowest BCUT2D eigenvalue weighted by atomic mass is 10.1. The molecule has 1 saturated heterocycles. The summed E-state index contributed by atoms with van der Waals surface area (Å²) in [5, 5.41) is 6.09. The van der Waals surface area contributed by atoms with Crippen LogP contribution >= 0.6 is 24.8 Å². The largest absolute Gasteiger partial charge is 0.340 e. The fraction of sp³-hybridized carbons (Fsp3) is 0.579. The van der Waals surface area contributed by atoms with Gasteiger partial charge < -0.3 is 20.4 Å². The van der Waals surface area contributed by atoms with Crippen LogP contribution in [0.2, 0.25) is 0 Å². The number of rotatable bonds is 7. The van der Waals surface area contributed by atoms with Gasteiger partial charge in [-0.05, 0) is 50.0 Å². The van der Waals surface area contributed by atoms with Gasteiger partial charge in [0, 0.05) is 31.9 Å². The first-order valence-electron chi connectivity index (χ1n) is 9.16. The molecule has 1 aliphatic carbocycles. The van der Waals surface area contributed by atoms with Crippen LogP contribution < -0.4 is 10.6 Å². The van der Waals surface area contributed by atoms with Gasteiger partial charge in [0.25, 0.3) is 0 Å². The minimum atomic E-state index is -0.0387. The van der Waals surface area contributed by atoms with Crippen molar-refractivity contribution in [3.8, 4) is 0 Å². The molecular formula is C19H30Cl2N4O2. The quantitative estimate of drug-likeness (QED) is 0.710. The van der Waals surface area contributed by atoms with Crippen LogP contribution in [-0.2, 0) is 16.0 Å². The number of amides is 2. The Labute approximate surface area is 173 Å². The van der Waals surface area contributed by atoms with E-state index in [1.807, 2.05) is 29.2 Å². The van der Waals surface area contributed by atoms with E-state index in [-0.39, 0.29) is 36.6 Å². The Hall–Kier alpha value is -1.34. The van der Waals surface area contributed by atoms with Gasteiger partial charge >= 0.3 is 0 Å². The average molecular weight is 417 g/mol. The molecule has 2 fully saturated rings. The van der Waals surface area contributed by atoms with E-state index < -0.39 is 0 Å². The van der Waals surface area contributed by atoms with Crippen molar-refractivity contribution in [1.29, 1.82) is 0 Å². The number of hydrogen-bond acceptors (Lipinski definition) is 4. The monoisotopic (exact) mass is 416 g/mol. The second-order valence-electron chi connectivity index (χ2n) is 7.18. The molecule has 1 saturated carbocycles. The minimum absolute atomic E-state index is 0. The summed E-state index contributed by atoms with van der Waals surface area (Å²) < 4.78 is 0. The summed E-state index contributed by atoms with van der Waals surface area (Å²) in [6.45, 7) is 4.69. The highest BCUT2D eigenvalue weighted by Gasteiger charge is 2.21. The molecule has 0 atom stereocenters. The Bertz CT molecular complexity index is 617. The van der Waals surface area contributed by atoms with Crippen molar-refractivity contribution in [2.45, 2.75) is 19.3 Å². The van der Waals surface area contributed by atoms with Crippen molar-refractivity contribution < 1.29 is 9.59 Å². The predicted molar refractivity (Wildman–Crippen MR) is 113 cm³/mol. The highest BCUT2D eigenvalue weighted by atomic mass is 35.5. The molecule has 27 heavy (non-hydrogen) atoms. The Balaban J connectivity index is 0.00000182. The van der Waals surface area contributed by atoms with Crippen molar-refractivity contribution in [2.24, 2.45) is 5.92 Å². The maximum atomic E-state index is 12.4. The molecule has 3 rings (SSSR count).